The minimum atomic E-state index is -4.23. The summed E-state index contributed by atoms with van der Waals surface area (Å²) in [6.45, 7) is 0. The van der Waals surface area contributed by atoms with Crippen molar-refractivity contribution in [3.8, 4) is 0 Å². The van der Waals surface area contributed by atoms with E-state index in [0.717, 1.165) is 5.56 Å². The number of halogens is 4. The van der Waals surface area contributed by atoms with Crippen LogP contribution in [0, 0.1) is 0 Å². The zero-order valence-electron chi connectivity index (χ0n) is 11.2. The van der Waals surface area contributed by atoms with Crippen LogP contribution in [0.1, 0.15) is 5.56 Å². The number of ketones is 1. The maximum absolute atomic E-state index is 14.0. The molecule has 0 aromatic heterocycles. The molecule has 0 fully saturated rings. The Morgan fingerprint density at radius 2 is 1.77 bits per heavy atom. The smallest absolute Gasteiger partial charge is 0.287 e. The van der Waals surface area contributed by atoms with E-state index in [9.17, 15) is 22.4 Å². The Balaban J connectivity index is 2.07. The molecule has 2 aliphatic carbocycles. The van der Waals surface area contributed by atoms with Crippen LogP contribution in [-0.2, 0) is 11.2 Å². The van der Waals surface area contributed by atoms with Gasteiger partial charge in [-0.05, 0) is 23.6 Å². The van der Waals surface area contributed by atoms with Gasteiger partial charge in [0.25, 0.3) is 0 Å². The lowest BCUT2D eigenvalue weighted by Gasteiger charge is -2.20. The molecule has 0 spiro atoms. The SMILES string of the molecule is O=C1C2=C(C(F)C(=S)C=C2Cc2ccccc2)[C@@H](F)C1(F)F. The molecule has 0 heterocycles. The lowest BCUT2D eigenvalue weighted by molar-refractivity contribution is -0.142. The van der Waals surface area contributed by atoms with Gasteiger partial charge in [-0.15, -0.1) is 0 Å². The van der Waals surface area contributed by atoms with Crippen molar-refractivity contribution in [2.75, 3.05) is 0 Å². The number of Topliss-reactive ketones (excluding diaryl/α,β-unsaturated/α-hetero) is 1. The van der Waals surface area contributed by atoms with Crippen molar-refractivity contribution in [2.24, 2.45) is 0 Å². The summed E-state index contributed by atoms with van der Waals surface area (Å²) in [4.78, 5) is 11.5. The van der Waals surface area contributed by atoms with Crippen LogP contribution in [0.3, 0.4) is 0 Å². The van der Waals surface area contributed by atoms with Crippen LogP contribution >= 0.6 is 12.2 Å². The molecule has 0 saturated heterocycles. The van der Waals surface area contributed by atoms with E-state index in [0.29, 0.717) is 0 Å². The quantitative estimate of drug-likeness (QED) is 0.608. The maximum atomic E-state index is 14.0. The first-order valence-corrected chi connectivity index (χ1v) is 6.98. The fraction of sp³-hybridized carbons (Fsp3) is 0.250. The lowest BCUT2D eigenvalue weighted by Crippen LogP contribution is -2.35. The van der Waals surface area contributed by atoms with E-state index >= 15 is 0 Å². The molecule has 1 nitrogen and oxygen atoms in total. The Morgan fingerprint density at radius 3 is 2.41 bits per heavy atom. The van der Waals surface area contributed by atoms with Gasteiger partial charge in [-0.25, -0.2) is 8.78 Å². The minimum Gasteiger partial charge on any atom is -0.287 e. The number of alkyl halides is 4. The van der Waals surface area contributed by atoms with Crippen LogP contribution in [0.4, 0.5) is 17.6 Å². The fourth-order valence-electron chi connectivity index (χ4n) is 2.75. The number of rotatable bonds is 2. The summed E-state index contributed by atoms with van der Waals surface area (Å²) >= 11 is 4.80. The van der Waals surface area contributed by atoms with Crippen molar-refractivity contribution < 1.29 is 22.4 Å². The third-order valence-corrected chi connectivity index (χ3v) is 4.13. The van der Waals surface area contributed by atoms with Gasteiger partial charge >= 0.3 is 5.92 Å². The Labute approximate surface area is 129 Å². The molecule has 2 atom stereocenters. The van der Waals surface area contributed by atoms with Crippen molar-refractivity contribution in [3.05, 3.63) is 58.7 Å². The molecule has 0 saturated carbocycles. The van der Waals surface area contributed by atoms with Crippen molar-refractivity contribution in [3.63, 3.8) is 0 Å². The average molecular weight is 326 g/mol. The van der Waals surface area contributed by atoms with Gasteiger partial charge in [-0.2, -0.15) is 8.78 Å². The molecule has 1 unspecified atom stereocenters. The topological polar surface area (TPSA) is 17.1 Å². The molecule has 0 radical (unpaired) electrons. The number of thiocarbonyl (C=S) groups is 1. The number of allylic oxidation sites excluding steroid dienone is 4. The van der Waals surface area contributed by atoms with Gasteiger partial charge in [-0.3, -0.25) is 4.79 Å². The summed E-state index contributed by atoms with van der Waals surface area (Å²) in [5.74, 6) is -5.90. The first-order chi connectivity index (χ1) is 10.3. The maximum Gasteiger partial charge on any atom is 0.344 e. The minimum absolute atomic E-state index is 0.112. The molecule has 114 valence electrons. The summed E-state index contributed by atoms with van der Waals surface area (Å²) in [6.07, 6.45) is -3.81. The van der Waals surface area contributed by atoms with Gasteiger partial charge in [0.15, 0.2) is 12.3 Å². The Morgan fingerprint density at radius 1 is 1.14 bits per heavy atom. The molecule has 2 aliphatic rings. The van der Waals surface area contributed by atoms with E-state index in [-0.39, 0.29) is 16.9 Å². The van der Waals surface area contributed by atoms with Crippen molar-refractivity contribution in [1.29, 1.82) is 0 Å². The van der Waals surface area contributed by atoms with Gasteiger partial charge in [-0.1, -0.05) is 42.5 Å². The molecule has 1 aromatic rings. The number of hydrogen-bond donors (Lipinski definition) is 0. The first-order valence-electron chi connectivity index (χ1n) is 6.57. The summed E-state index contributed by atoms with van der Waals surface area (Å²) in [6, 6.07) is 8.73. The molecule has 0 N–H and O–H groups in total. The third kappa shape index (κ3) is 2.13. The number of carbonyl (C=O) groups excluding carboxylic acids is 1. The van der Waals surface area contributed by atoms with Gasteiger partial charge in [0.1, 0.15) is 0 Å². The highest BCUT2D eigenvalue weighted by atomic mass is 32.1. The van der Waals surface area contributed by atoms with Gasteiger partial charge < -0.3 is 0 Å². The molecule has 3 rings (SSSR count). The van der Waals surface area contributed by atoms with Gasteiger partial charge in [0.2, 0.25) is 5.78 Å². The molecule has 0 amide bonds. The summed E-state index contributed by atoms with van der Waals surface area (Å²) < 4.78 is 55.2. The average Bonchev–Trinajstić information content (AvgIpc) is 2.67. The molecular weight excluding hydrogens is 316 g/mol. The second-order valence-corrected chi connectivity index (χ2v) is 5.71. The van der Waals surface area contributed by atoms with E-state index in [1.807, 2.05) is 0 Å². The third-order valence-electron chi connectivity index (χ3n) is 3.81. The van der Waals surface area contributed by atoms with Crippen molar-refractivity contribution in [1.82, 2.24) is 0 Å². The highest BCUT2D eigenvalue weighted by Crippen LogP contribution is 2.46. The second-order valence-electron chi connectivity index (χ2n) is 5.24. The van der Waals surface area contributed by atoms with Gasteiger partial charge in [0.05, 0.1) is 4.86 Å². The van der Waals surface area contributed by atoms with Crippen LogP contribution < -0.4 is 0 Å². The van der Waals surface area contributed by atoms with E-state index in [1.54, 1.807) is 30.3 Å². The molecule has 0 aliphatic heterocycles. The fourth-order valence-corrected chi connectivity index (χ4v) is 3.02. The standard InChI is InChI=1S/C16H10F4OS/c17-13-10(22)7-9(6-8-4-2-1-3-5-8)11-12(13)14(18)16(19,20)15(11)21/h1-5,7,13-14H,6H2/t13?,14-/m1/s1. The van der Waals surface area contributed by atoms with Crippen LogP contribution in [-0.4, -0.2) is 28.9 Å². The van der Waals surface area contributed by atoms with Crippen LogP contribution in [0.25, 0.3) is 0 Å². The van der Waals surface area contributed by atoms with E-state index in [1.165, 1.54) is 6.08 Å². The molecule has 1 aromatic carbocycles. The molecule has 0 bridgehead atoms. The van der Waals surface area contributed by atoms with Crippen molar-refractivity contribution in [2.45, 2.75) is 24.7 Å². The normalized spacial score (nSPS) is 27.0. The van der Waals surface area contributed by atoms with E-state index in [2.05, 4.69) is 0 Å². The summed E-state index contributed by atoms with van der Waals surface area (Å²) in [7, 11) is 0. The van der Waals surface area contributed by atoms with Crippen LogP contribution in [0.5, 0.6) is 0 Å². The van der Waals surface area contributed by atoms with Gasteiger partial charge in [0, 0.05) is 11.1 Å². The predicted octanol–water partition coefficient (Wildman–Crippen LogP) is 3.73. The molecule has 22 heavy (non-hydrogen) atoms. The monoisotopic (exact) mass is 326 g/mol. The highest BCUT2D eigenvalue weighted by Gasteiger charge is 2.60. The largest absolute Gasteiger partial charge is 0.344 e. The Kier molecular flexibility index (Phi) is 3.51. The van der Waals surface area contributed by atoms with E-state index < -0.39 is 35.2 Å². The Bertz CT molecular complexity index is 721. The zero-order valence-corrected chi connectivity index (χ0v) is 12.0. The van der Waals surface area contributed by atoms with E-state index in [4.69, 9.17) is 12.2 Å². The Hall–Kier alpha value is -1.82. The highest BCUT2D eigenvalue weighted by molar-refractivity contribution is 7.80. The first kappa shape index (κ1) is 15.1. The van der Waals surface area contributed by atoms with Crippen LogP contribution in [0.15, 0.2) is 53.1 Å². The van der Waals surface area contributed by atoms with Crippen molar-refractivity contribution >= 4 is 22.9 Å². The number of benzene rings is 1. The number of hydrogen-bond acceptors (Lipinski definition) is 2. The lowest BCUT2D eigenvalue weighted by atomic mass is 9.87. The predicted molar refractivity (Wildman–Crippen MR) is 77.6 cm³/mol. The molecular formula is C16H10F4OS. The van der Waals surface area contributed by atoms with Crippen LogP contribution in [0.2, 0.25) is 0 Å². The summed E-state index contributed by atoms with van der Waals surface area (Å²) in [5, 5.41) is 0. The molecule has 6 heteroatoms. The summed E-state index contributed by atoms with van der Waals surface area (Å²) in [5.41, 5.74) is -0.486. The zero-order chi connectivity index (χ0) is 16.1. The number of carbonyl (C=O) groups is 1. The second kappa shape index (κ2) is 5.12.